The number of likely N-dealkylation sites (tertiary alicyclic amines) is 1. The van der Waals surface area contributed by atoms with Crippen molar-refractivity contribution in [2.75, 3.05) is 59.9 Å². The average Bonchev–Trinajstić information content (AvgIpc) is 3.59. The Labute approximate surface area is 481 Å². The summed E-state index contributed by atoms with van der Waals surface area (Å²) < 4.78 is 81.1. The Hall–Kier alpha value is -4.43. The fourth-order valence-electron chi connectivity index (χ4n) is 11.9. The quantitative estimate of drug-likeness (QED) is 0.0966. The molecule has 5 heterocycles. The molecule has 0 saturated carbocycles. The lowest BCUT2D eigenvalue weighted by molar-refractivity contribution is -0.304. The number of ether oxygens (including phenoxy) is 7. The van der Waals surface area contributed by atoms with Gasteiger partial charge in [0.25, 0.3) is 0 Å². The van der Waals surface area contributed by atoms with E-state index in [9.17, 15) is 48.0 Å². The number of pyridine rings is 1. The van der Waals surface area contributed by atoms with E-state index in [2.05, 4.69) is 29.0 Å². The first kappa shape index (κ1) is 68.4. The molecule has 0 radical (unpaired) electrons. The van der Waals surface area contributed by atoms with Gasteiger partial charge in [0, 0.05) is 56.9 Å². The van der Waals surface area contributed by atoms with Crippen molar-refractivity contribution in [1.82, 2.24) is 14.8 Å². The van der Waals surface area contributed by atoms with Crippen LogP contribution in [0.2, 0.25) is 0 Å². The standard InChI is InChI=1S/C46H80N2O13.C14H11F3N2O2/c1-13-36-33(24-57-46-44(56-12)43(55-11)40(53)31(8)59-46)19-25(2)14-15-34(49)28(5)20-32(16-17-48-22-26(3)18-27(4)23-48)42(29(6)35(50)21-37(51)60-36)61-45-41(54)38(47(9)10)39(52)30(7)58-45;1-8-10(14(15,16)17)5-2-6-11(8)19-12-9(13(20)21)4-3-7-18-12/h14-15,19,26-33,35-36,38-46,50,52-54H,13,16-18,20-24H2,1-12H3;2-7H,1H3,(H,18,19)(H,20,21)/b15-14+,25-19+;/t26-,27+,28-,29+,30-,31-,32+,33-,35-,36-,38+,39-,40-,41-,42-,43-,44-,45+,46-;/m1./s1. The maximum Gasteiger partial charge on any atom is 0.416 e. The maximum absolute atomic E-state index is 14.0. The van der Waals surface area contributed by atoms with Crippen molar-refractivity contribution >= 4 is 29.2 Å². The Morgan fingerprint density at radius 1 is 0.854 bits per heavy atom. The number of aliphatic hydroxyl groups is 4. The second kappa shape index (κ2) is 31.1. The van der Waals surface area contributed by atoms with E-state index >= 15 is 0 Å². The number of allylic oxidation sites excluding steroid dienone is 3. The number of anilines is 2. The number of nitrogens with zero attached hydrogens (tertiary/aromatic N) is 3. The lowest BCUT2D eigenvalue weighted by Gasteiger charge is -2.47. The number of carboxylic acid groups (broad SMARTS) is 1. The van der Waals surface area contributed by atoms with Crippen LogP contribution in [0.4, 0.5) is 24.7 Å². The third kappa shape index (κ3) is 18.3. The van der Waals surface area contributed by atoms with Gasteiger partial charge in [0.15, 0.2) is 18.4 Å². The van der Waals surface area contributed by atoms with Crippen molar-refractivity contribution in [3.8, 4) is 0 Å². The Kier molecular flexibility index (Phi) is 25.9. The van der Waals surface area contributed by atoms with Crippen molar-refractivity contribution in [3.05, 3.63) is 77.0 Å². The number of methoxy groups -OCH3 is 2. The number of benzene rings is 1. The van der Waals surface area contributed by atoms with Gasteiger partial charge >= 0.3 is 18.1 Å². The minimum atomic E-state index is -4.47. The molecule has 22 heteroatoms. The van der Waals surface area contributed by atoms with Crippen LogP contribution in [0.15, 0.2) is 60.3 Å². The number of hydrogen-bond donors (Lipinski definition) is 6. The highest BCUT2D eigenvalue weighted by Crippen LogP contribution is 2.38. The third-order valence-corrected chi connectivity index (χ3v) is 16.4. The fraction of sp³-hybridized carbons (Fsp3) is 0.700. The number of halogens is 3. The largest absolute Gasteiger partial charge is 0.478 e. The number of cyclic esters (lactones) is 1. The Morgan fingerprint density at radius 3 is 2.11 bits per heavy atom. The van der Waals surface area contributed by atoms with Crippen molar-refractivity contribution in [2.45, 2.75) is 180 Å². The van der Waals surface area contributed by atoms with Gasteiger partial charge in [-0.3, -0.25) is 9.59 Å². The normalized spacial score (nSPS) is 35.9. The summed E-state index contributed by atoms with van der Waals surface area (Å²) in [7, 11) is 6.54. The predicted octanol–water partition coefficient (Wildman–Crippen LogP) is 7.19. The molecule has 6 rings (SSSR count). The zero-order chi connectivity index (χ0) is 60.9. The van der Waals surface area contributed by atoms with Crippen LogP contribution in [0, 0.1) is 42.4 Å². The van der Waals surface area contributed by atoms with Crippen molar-refractivity contribution in [2.24, 2.45) is 35.5 Å². The van der Waals surface area contributed by atoms with Gasteiger partial charge in [0.05, 0.1) is 55.2 Å². The first-order valence-corrected chi connectivity index (χ1v) is 28.6. The lowest BCUT2D eigenvalue weighted by atomic mass is 9.79. The summed E-state index contributed by atoms with van der Waals surface area (Å²) in [6.07, 6.45) is -6.07. The number of carboxylic acids is 1. The van der Waals surface area contributed by atoms with Crippen LogP contribution in [0.25, 0.3) is 0 Å². The van der Waals surface area contributed by atoms with Gasteiger partial charge < -0.3 is 73.8 Å². The van der Waals surface area contributed by atoms with E-state index in [0.29, 0.717) is 31.1 Å². The summed E-state index contributed by atoms with van der Waals surface area (Å²) in [5.41, 5.74) is 0.00438. The van der Waals surface area contributed by atoms with Gasteiger partial charge in [-0.1, -0.05) is 58.4 Å². The molecule has 2 aromatic rings. The van der Waals surface area contributed by atoms with Crippen LogP contribution >= 0.6 is 0 Å². The number of likely N-dealkylation sites (N-methyl/N-ethyl adjacent to an activating group) is 1. The molecule has 0 unspecified atom stereocenters. The van der Waals surface area contributed by atoms with Gasteiger partial charge in [-0.2, -0.15) is 13.2 Å². The summed E-state index contributed by atoms with van der Waals surface area (Å²) in [6, 6.07) is 5.73. The number of aromatic carboxylic acids is 1. The molecule has 3 saturated heterocycles. The number of alkyl halides is 3. The summed E-state index contributed by atoms with van der Waals surface area (Å²) >= 11 is 0. The van der Waals surface area contributed by atoms with Crippen molar-refractivity contribution < 1.29 is 86.2 Å². The zero-order valence-corrected chi connectivity index (χ0v) is 49.8. The molecule has 19 atom stereocenters. The van der Waals surface area contributed by atoms with E-state index in [1.807, 2.05) is 33.8 Å². The van der Waals surface area contributed by atoms with Crippen LogP contribution in [0.5, 0.6) is 0 Å². The monoisotopic (exact) mass is 1160 g/mol. The molecule has 3 fully saturated rings. The second-order valence-electron chi connectivity index (χ2n) is 23.3. The van der Waals surface area contributed by atoms with Crippen LogP contribution in [-0.2, 0) is 48.9 Å². The number of piperidine rings is 1. The predicted molar refractivity (Wildman–Crippen MR) is 300 cm³/mol. The SMILES string of the molecule is CC[C@H]1OC(=O)C[C@@H](O)[C@H](C)[C@@H](O[C@@H]2O[C@H](C)[C@@H](O)[C@H](N(C)C)[C@H]2O)[C@@H](CCN2C[C@H](C)C[C@H](C)C2)C[C@@H](C)C(=O)/C=C/C(C)=C/[C@@H]1CO[C@@H]1O[C@H](C)[C@@H](O)[C@@H](OC)[C@H]1OC.Cc1c(Nc2ncccc2C(=O)O)cccc1C(F)(F)F. The van der Waals surface area contributed by atoms with E-state index in [-0.39, 0.29) is 47.4 Å². The Bertz CT molecular complexity index is 2420. The fourth-order valence-corrected chi connectivity index (χ4v) is 11.9. The minimum absolute atomic E-state index is 0.00701. The van der Waals surface area contributed by atoms with E-state index in [1.54, 1.807) is 45.0 Å². The zero-order valence-electron chi connectivity index (χ0n) is 49.8. The molecule has 4 aliphatic heterocycles. The molecule has 82 heavy (non-hydrogen) atoms. The molecular formula is C60H91F3N4O15. The smallest absolute Gasteiger partial charge is 0.416 e. The number of ketones is 1. The van der Waals surface area contributed by atoms with Crippen LogP contribution in [0.3, 0.4) is 0 Å². The highest BCUT2D eigenvalue weighted by Gasteiger charge is 2.48. The minimum Gasteiger partial charge on any atom is -0.478 e. The van der Waals surface area contributed by atoms with Gasteiger partial charge in [-0.05, 0) is 128 Å². The van der Waals surface area contributed by atoms with E-state index < -0.39 is 121 Å². The summed E-state index contributed by atoms with van der Waals surface area (Å²) in [5.74, 6) is -2.68. The number of carbonyl (C=O) groups excluding carboxylic acids is 2. The Morgan fingerprint density at radius 2 is 1.50 bits per heavy atom. The van der Waals surface area contributed by atoms with Crippen LogP contribution in [0.1, 0.15) is 109 Å². The molecule has 1 aromatic carbocycles. The van der Waals surface area contributed by atoms with Crippen LogP contribution < -0.4 is 5.32 Å². The summed E-state index contributed by atoms with van der Waals surface area (Å²) in [4.78, 5) is 47.0. The van der Waals surface area contributed by atoms with E-state index in [4.69, 9.17) is 38.3 Å². The van der Waals surface area contributed by atoms with E-state index in [0.717, 1.165) is 31.3 Å². The van der Waals surface area contributed by atoms with Gasteiger partial charge in [0.1, 0.15) is 41.9 Å². The number of aliphatic hydroxyl groups excluding tert-OH is 4. The molecule has 19 nitrogen and oxygen atoms in total. The molecule has 4 aliphatic rings. The number of carbonyl (C=O) groups is 3. The van der Waals surface area contributed by atoms with Gasteiger partial charge in [-0.25, -0.2) is 9.78 Å². The van der Waals surface area contributed by atoms with Crippen LogP contribution in [-0.4, -0.2) is 192 Å². The van der Waals surface area contributed by atoms with Crippen molar-refractivity contribution in [1.29, 1.82) is 0 Å². The Balaban J connectivity index is 0.000000489. The lowest BCUT2D eigenvalue weighted by Crippen LogP contribution is -2.63. The molecule has 0 amide bonds. The first-order chi connectivity index (χ1) is 38.6. The maximum atomic E-state index is 14.0. The molecular weight excluding hydrogens is 1070 g/mol. The molecule has 0 spiro atoms. The number of rotatable bonds is 15. The third-order valence-electron chi connectivity index (χ3n) is 16.4. The molecule has 0 bridgehead atoms. The van der Waals surface area contributed by atoms with E-state index in [1.165, 1.54) is 58.0 Å². The van der Waals surface area contributed by atoms with Gasteiger partial charge in [-0.15, -0.1) is 0 Å². The molecule has 1 aromatic heterocycles. The van der Waals surface area contributed by atoms with Gasteiger partial charge in [0.2, 0.25) is 0 Å². The molecule has 6 N–H and O–H groups in total. The second-order valence-corrected chi connectivity index (χ2v) is 23.3. The topological polar surface area (TPSA) is 248 Å². The number of aromatic nitrogens is 1. The molecule has 462 valence electrons. The number of hydrogen-bond acceptors (Lipinski definition) is 18. The average molecular weight is 1170 g/mol. The number of nitrogens with one attached hydrogen (secondary N) is 1. The summed E-state index contributed by atoms with van der Waals surface area (Å²) in [6.45, 7) is 19.5. The molecule has 0 aliphatic carbocycles. The van der Waals surface area contributed by atoms with Crippen molar-refractivity contribution in [3.63, 3.8) is 0 Å². The highest BCUT2D eigenvalue weighted by atomic mass is 19.4. The number of esters is 1. The highest BCUT2D eigenvalue weighted by molar-refractivity contribution is 5.94. The first-order valence-electron chi connectivity index (χ1n) is 28.6. The summed E-state index contributed by atoms with van der Waals surface area (Å²) in [5, 5.41) is 56.9.